The molecule has 6 nitrogen and oxygen atoms in total. The molecule has 0 radical (unpaired) electrons. The van der Waals surface area contributed by atoms with E-state index in [1.54, 1.807) is 11.1 Å². The van der Waals surface area contributed by atoms with Gasteiger partial charge in [0, 0.05) is 32.4 Å². The average Bonchev–Trinajstić information content (AvgIpc) is 2.65. The number of piperidine rings is 1. The zero-order valence-corrected chi connectivity index (χ0v) is 14.0. The highest BCUT2D eigenvalue weighted by molar-refractivity contribution is 5.97. The zero-order valence-electron chi connectivity index (χ0n) is 14.0. The van der Waals surface area contributed by atoms with Crippen molar-refractivity contribution in [3.05, 3.63) is 47.2 Å². The smallest absolute Gasteiger partial charge is 0.306 e. The van der Waals surface area contributed by atoms with Crippen molar-refractivity contribution < 1.29 is 14.7 Å². The van der Waals surface area contributed by atoms with Crippen molar-refractivity contribution in [3.63, 3.8) is 0 Å². The van der Waals surface area contributed by atoms with Crippen molar-refractivity contribution in [2.75, 3.05) is 19.6 Å². The van der Waals surface area contributed by atoms with Crippen LogP contribution in [0.15, 0.2) is 36.0 Å². The van der Waals surface area contributed by atoms with Gasteiger partial charge < -0.3 is 14.9 Å². The normalized spacial score (nSPS) is 18.4. The fourth-order valence-electron chi connectivity index (χ4n) is 3.44. The van der Waals surface area contributed by atoms with Crippen molar-refractivity contribution in [3.8, 4) is 6.07 Å². The fourth-order valence-corrected chi connectivity index (χ4v) is 3.44. The highest BCUT2D eigenvalue weighted by Crippen LogP contribution is 2.21. The van der Waals surface area contributed by atoms with Crippen LogP contribution in [0, 0.1) is 17.2 Å². The summed E-state index contributed by atoms with van der Waals surface area (Å²) in [4.78, 5) is 27.2. The number of carboxylic acids is 1. The zero-order chi connectivity index (χ0) is 17.8. The van der Waals surface area contributed by atoms with E-state index >= 15 is 0 Å². The number of rotatable bonds is 3. The molecule has 1 N–H and O–H groups in total. The van der Waals surface area contributed by atoms with Gasteiger partial charge in [0.05, 0.1) is 5.92 Å². The third-order valence-electron chi connectivity index (χ3n) is 4.95. The van der Waals surface area contributed by atoms with E-state index in [1.165, 1.54) is 11.1 Å². The van der Waals surface area contributed by atoms with Gasteiger partial charge in [-0.15, -0.1) is 0 Å². The van der Waals surface area contributed by atoms with E-state index in [9.17, 15) is 14.9 Å². The van der Waals surface area contributed by atoms with Gasteiger partial charge in [0.2, 0.25) is 0 Å². The fraction of sp³-hybridized carbons (Fsp3) is 0.421. The summed E-state index contributed by atoms with van der Waals surface area (Å²) in [6, 6.07) is 10.2. The lowest BCUT2D eigenvalue weighted by Gasteiger charge is -2.31. The van der Waals surface area contributed by atoms with Crippen molar-refractivity contribution >= 4 is 11.9 Å². The van der Waals surface area contributed by atoms with Gasteiger partial charge in [-0.2, -0.15) is 5.26 Å². The van der Waals surface area contributed by atoms with Crippen LogP contribution in [-0.2, 0) is 22.6 Å². The van der Waals surface area contributed by atoms with E-state index in [1.807, 2.05) is 23.1 Å². The number of hydrogen-bond acceptors (Lipinski definition) is 4. The summed E-state index contributed by atoms with van der Waals surface area (Å²) in [6.45, 7) is 2.24. The van der Waals surface area contributed by atoms with E-state index in [0.717, 1.165) is 13.0 Å². The molecule has 1 amide bonds. The number of likely N-dealkylation sites (tertiary alicyclic amines) is 1. The second-order valence-corrected chi connectivity index (χ2v) is 6.55. The third kappa shape index (κ3) is 3.82. The van der Waals surface area contributed by atoms with Crippen LogP contribution in [-0.4, -0.2) is 46.4 Å². The van der Waals surface area contributed by atoms with E-state index < -0.39 is 11.9 Å². The van der Waals surface area contributed by atoms with Crippen LogP contribution in [0.2, 0.25) is 0 Å². The largest absolute Gasteiger partial charge is 0.481 e. The molecule has 0 atom stereocenters. The minimum atomic E-state index is -0.810. The number of fused-ring (bicyclic) bond motifs is 1. The summed E-state index contributed by atoms with van der Waals surface area (Å²) in [5.41, 5.74) is 2.65. The molecule has 6 heteroatoms. The van der Waals surface area contributed by atoms with E-state index in [2.05, 4.69) is 12.1 Å². The van der Waals surface area contributed by atoms with Gasteiger partial charge in [-0.25, -0.2) is 0 Å². The Morgan fingerprint density at radius 3 is 2.48 bits per heavy atom. The number of benzene rings is 1. The molecule has 130 valence electrons. The van der Waals surface area contributed by atoms with Gasteiger partial charge in [0.1, 0.15) is 11.6 Å². The molecule has 1 aromatic carbocycles. The Kier molecular flexibility index (Phi) is 5.03. The lowest BCUT2D eigenvalue weighted by atomic mass is 9.96. The Morgan fingerprint density at radius 2 is 1.84 bits per heavy atom. The predicted molar refractivity (Wildman–Crippen MR) is 91.2 cm³/mol. The summed E-state index contributed by atoms with van der Waals surface area (Å²) >= 11 is 0. The lowest BCUT2D eigenvalue weighted by molar-refractivity contribution is -0.145. The Morgan fingerprint density at radius 1 is 1.16 bits per heavy atom. The van der Waals surface area contributed by atoms with Crippen LogP contribution in [0.5, 0.6) is 0 Å². The molecule has 1 saturated heterocycles. The molecule has 2 heterocycles. The topological polar surface area (TPSA) is 84.6 Å². The second-order valence-electron chi connectivity index (χ2n) is 6.55. The molecule has 25 heavy (non-hydrogen) atoms. The first-order valence-corrected chi connectivity index (χ1v) is 8.53. The molecule has 0 bridgehead atoms. The van der Waals surface area contributed by atoms with Gasteiger partial charge in [-0.05, 0) is 30.4 Å². The first-order valence-electron chi connectivity index (χ1n) is 8.53. The highest BCUT2D eigenvalue weighted by atomic mass is 16.4. The number of amides is 1. The molecular weight excluding hydrogens is 318 g/mol. The molecule has 0 unspecified atom stereocenters. The molecular formula is C19H21N3O3. The van der Waals surface area contributed by atoms with Crippen LogP contribution < -0.4 is 0 Å². The molecule has 1 fully saturated rings. The highest BCUT2D eigenvalue weighted by Gasteiger charge is 2.28. The van der Waals surface area contributed by atoms with Gasteiger partial charge in [-0.3, -0.25) is 9.59 Å². The average molecular weight is 339 g/mol. The van der Waals surface area contributed by atoms with Crippen LogP contribution in [0.4, 0.5) is 0 Å². The SMILES string of the molecule is N#C/C(=C/N1CCc2ccccc2C1)C(=O)N1CCC(C(=O)O)CC1. The summed E-state index contributed by atoms with van der Waals surface area (Å²) < 4.78 is 0. The maximum Gasteiger partial charge on any atom is 0.306 e. The number of aliphatic carboxylic acids is 1. The van der Waals surface area contributed by atoms with E-state index in [0.29, 0.717) is 32.5 Å². The molecule has 0 saturated carbocycles. The molecule has 2 aliphatic rings. The molecule has 0 aliphatic carbocycles. The predicted octanol–water partition coefficient (Wildman–Crippen LogP) is 1.78. The van der Waals surface area contributed by atoms with Gasteiger partial charge >= 0.3 is 5.97 Å². The lowest BCUT2D eigenvalue weighted by Crippen LogP contribution is -2.41. The number of carbonyl (C=O) groups excluding carboxylic acids is 1. The van der Waals surface area contributed by atoms with Crippen molar-refractivity contribution in [2.45, 2.75) is 25.8 Å². The van der Waals surface area contributed by atoms with E-state index in [-0.39, 0.29) is 11.5 Å². The minimum absolute atomic E-state index is 0.119. The van der Waals surface area contributed by atoms with Crippen molar-refractivity contribution in [1.82, 2.24) is 9.80 Å². The summed E-state index contributed by atoms with van der Waals surface area (Å²) in [5, 5.41) is 18.4. The number of carbonyl (C=O) groups is 2. The Bertz CT molecular complexity index is 743. The van der Waals surface area contributed by atoms with Gasteiger partial charge in [-0.1, -0.05) is 24.3 Å². The van der Waals surface area contributed by atoms with Crippen LogP contribution in [0.3, 0.4) is 0 Å². The summed E-state index contributed by atoms with van der Waals surface area (Å²) in [7, 11) is 0. The molecule has 0 aromatic heterocycles. The Labute approximate surface area is 147 Å². The molecule has 2 aliphatic heterocycles. The molecule has 3 rings (SSSR count). The second kappa shape index (κ2) is 7.39. The van der Waals surface area contributed by atoms with Gasteiger partial charge in [0.25, 0.3) is 5.91 Å². The third-order valence-corrected chi connectivity index (χ3v) is 4.95. The first kappa shape index (κ1) is 17.0. The molecule has 1 aromatic rings. The Hall–Kier alpha value is -2.81. The van der Waals surface area contributed by atoms with E-state index in [4.69, 9.17) is 5.11 Å². The van der Waals surface area contributed by atoms with Crippen molar-refractivity contribution in [2.24, 2.45) is 5.92 Å². The first-order chi connectivity index (χ1) is 12.1. The maximum absolute atomic E-state index is 12.6. The number of hydrogen-bond donors (Lipinski definition) is 1. The van der Waals surface area contributed by atoms with Crippen molar-refractivity contribution in [1.29, 1.82) is 5.26 Å². The number of nitriles is 1. The number of nitrogens with zero attached hydrogens (tertiary/aromatic N) is 3. The van der Waals surface area contributed by atoms with Gasteiger partial charge in [0.15, 0.2) is 0 Å². The number of carboxylic acid groups (broad SMARTS) is 1. The maximum atomic E-state index is 12.6. The summed E-state index contributed by atoms with van der Waals surface area (Å²) in [5.74, 6) is -1.50. The van der Waals surface area contributed by atoms with Crippen LogP contribution in [0.25, 0.3) is 0 Å². The standard InChI is InChI=1S/C19H21N3O3/c20-11-17(18(23)22-9-6-15(7-10-22)19(24)25)13-21-8-5-14-3-1-2-4-16(14)12-21/h1-4,13,15H,5-10,12H2,(H,24,25)/b17-13-. The monoisotopic (exact) mass is 339 g/mol. The summed E-state index contributed by atoms with van der Waals surface area (Å²) in [6.07, 6.45) is 3.43. The minimum Gasteiger partial charge on any atom is -0.481 e. The van der Waals surface area contributed by atoms with Crippen LogP contribution in [0.1, 0.15) is 24.0 Å². The molecule has 0 spiro atoms. The Balaban J connectivity index is 1.66. The quantitative estimate of drug-likeness (QED) is 0.670. The van der Waals surface area contributed by atoms with Crippen LogP contribution >= 0.6 is 0 Å².